The van der Waals surface area contributed by atoms with Crippen LogP contribution in [0.2, 0.25) is 0 Å². The van der Waals surface area contributed by atoms with E-state index in [1.165, 1.54) is 4.90 Å². The number of urea groups is 1. The normalized spacial score (nSPS) is 19.2. The number of alkyl halides is 3. The van der Waals surface area contributed by atoms with E-state index in [-0.39, 0.29) is 12.6 Å². The van der Waals surface area contributed by atoms with Crippen LogP contribution in [-0.2, 0) is 11.3 Å². The molecule has 2 saturated heterocycles. The van der Waals surface area contributed by atoms with E-state index < -0.39 is 24.7 Å². The minimum atomic E-state index is -4.59. The second kappa shape index (κ2) is 8.35. The summed E-state index contributed by atoms with van der Waals surface area (Å²) in [6.45, 7) is 0.281. The summed E-state index contributed by atoms with van der Waals surface area (Å²) in [5, 5.41) is 3.00. The molecule has 3 heterocycles. The van der Waals surface area contributed by atoms with Gasteiger partial charge >= 0.3 is 12.2 Å². The Morgan fingerprint density at radius 2 is 1.80 bits per heavy atom. The van der Waals surface area contributed by atoms with Crippen molar-refractivity contribution >= 4 is 23.3 Å². The number of likely N-dealkylation sites (tertiary alicyclic amines) is 1. The molecule has 160 valence electrons. The molecule has 0 atom stereocenters. The summed E-state index contributed by atoms with van der Waals surface area (Å²) in [5.41, 5.74) is 2.05. The van der Waals surface area contributed by atoms with Crippen LogP contribution < -0.4 is 0 Å². The molecule has 0 saturated carbocycles. The Hall–Kier alpha value is -2.46. The first-order chi connectivity index (χ1) is 14.3. The van der Waals surface area contributed by atoms with Crippen molar-refractivity contribution < 1.29 is 22.8 Å². The zero-order chi connectivity index (χ0) is 21.3. The Balaban J connectivity index is 1.31. The van der Waals surface area contributed by atoms with Crippen LogP contribution in [0.1, 0.15) is 18.5 Å². The lowest BCUT2D eigenvalue weighted by Gasteiger charge is -2.35. The summed E-state index contributed by atoms with van der Waals surface area (Å²) in [5.74, 6) is -0.782. The summed E-state index contributed by atoms with van der Waals surface area (Å²) in [6.07, 6.45) is -3.35. The van der Waals surface area contributed by atoms with Crippen LogP contribution in [0.5, 0.6) is 0 Å². The molecule has 6 nitrogen and oxygen atoms in total. The predicted molar refractivity (Wildman–Crippen MR) is 106 cm³/mol. The van der Waals surface area contributed by atoms with E-state index in [1.54, 1.807) is 11.3 Å². The number of nitrogens with zero attached hydrogens (tertiary/aromatic N) is 4. The highest BCUT2D eigenvalue weighted by Gasteiger charge is 2.45. The van der Waals surface area contributed by atoms with Gasteiger partial charge < -0.3 is 4.90 Å². The van der Waals surface area contributed by atoms with Crippen molar-refractivity contribution in [2.24, 2.45) is 0 Å². The molecule has 10 heteroatoms. The molecule has 0 spiro atoms. The summed E-state index contributed by atoms with van der Waals surface area (Å²) < 4.78 is 37.8. The Labute approximate surface area is 175 Å². The van der Waals surface area contributed by atoms with Crippen LogP contribution in [0.15, 0.2) is 35.7 Å². The van der Waals surface area contributed by atoms with Gasteiger partial charge in [0.25, 0.3) is 5.91 Å². The van der Waals surface area contributed by atoms with Gasteiger partial charge in [0.1, 0.15) is 18.1 Å². The molecule has 30 heavy (non-hydrogen) atoms. The molecule has 2 aliphatic rings. The SMILES string of the molecule is O=C1CN(C2CCN(Cc3csc(-c4ccccc4)n3)CC2)C(=O)N1CC(F)(F)F. The standard InChI is InChI=1S/C20H21F3N4O2S/c21-20(22,23)13-27-17(28)11-26(19(27)29)16-6-8-25(9-7-16)10-15-12-30-18(24-15)14-4-2-1-3-5-14/h1-5,12,16H,6-11,13H2. The van der Waals surface area contributed by atoms with Gasteiger partial charge in [-0.3, -0.25) is 14.6 Å². The lowest BCUT2D eigenvalue weighted by atomic mass is 10.0. The number of benzene rings is 1. The first kappa shape index (κ1) is 20.8. The third-order valence-corrected chi connectivity index (χ3v) is 6.32. The maximum atomic E-state index is 12.6. The highest BCUT2D eigenvalue weighted by atomic mass is 32.1. The Morgan fingerprint density at radius 3 is 2.47 bits per heavy atom. The van der Waals surface area contributed by atoms with Gasteiger partial charge in [-0.15, -0.1) is 11.3 Å². The van der Waals surface area contributed by atoms with Gasteiger partial charge in [-0.25, -0.2) is 9.78 Å². The van der Waals surface area contributed by atoms with Gasteiger partial charge in [0.05, 0.1) is 5.69 Å². The van der Waals surface area contributed by atoms with Crippen molar-refractivity contribution in [2.45, 2.75) is 31.6 Å². The Kier molecular flexibility index (Phi) is 5.79. The number of carbonyl (C=O) groups is 2. The van der Waals surface area contributed by atoms with Crippen molar-refractivity contribution in [3.05, 3.63) is 41.4 Å². The smallest absolute Gasteiger partial charge is 0.312 e. The minimum absolute atomic E-state index is 0.216. The van der Waals surface area contributed by atoms with Crippen molar-refractivity contribution in [1.82, 2.24) is 19.7 Å². The Bertz CT molecular complexity index is 910. The second-order valence-electron chi connectivity index (χ2n) is 7.52. The minimum Gasteiger partial charge on any atom is -0.312 e. The molecule has 0 unspecified atom stereocenters. The van der Waals surface area contributed by atoms with E-state index in [0.29, 0.717) is 37.4 Å². The number of piperidine rings is 1. The molecule has 2 fully saturated rings. The van der Waals surface area contributed by atoms with Crippen molar-refractivity contribution in [3.8, 4) is 10.6 Å². The molecule has 2 aromatic rings. The van der Waals surface area contributed by atoms with E-state index in [0.717, 1.165) is 16.3 Å². The van der Waals surface area contributed by atoms with Crippen molar-refractivity contribution in [3.63, 3.8) is 0 Å². The average Bonchev–Trinajstić information content (AvgIpc) is 3.28. The molecule has 1 aromatic heterocycles. The second-order valence-corrected chi connectivity index (χ2v) is 8.38. The molecule has 0 radical (unpaired) electrons. The quantitative estimate of drug-likeness (QED) is 0.670. The third-order valence-electron chi connectivity index (χ3n) is 5.38. The first-order valence-corrected chi connectivity index (χ1v) is 10.6. The van der Waals surface area contributed by atoms with Crippen LogP contribution in [0, 0.1) is 0 Å². The van der Waals surface area contributed by atoms with E-state index in [4.69, 9.17) is 4.98 Å². The molecule has 0 bridgehead atoms. The fraction of sp³-hybridized carbons (Fsp3) is 0.450. The largest absolute Gasteiger partial charge is 0.406 e. The molecule has 0 N–H and O–H groups in total. The van der Waals surface area contributed by atoms with Crippen molar-refractivity contribution in [1.29, 1.82) is 0 Å². The zero-order valence-electron chi connectivity index (χ0n) is 16.1. The molecular formula is C20H21F3N4O2S. The van der Waals surface area contributed by atoms with Crippen LogP contribution >= 0.6 is 11.3 Å². The fourth-order valence-corrected chi connectivity index (χ4v) is 4.71. The lowest BCUT2D eigenvalue weighted by Crippen LogP contribution is -2.47. The maximum absolute atomic E-state index is 12.6. The van der Waals surface area contributed by atoms with Crippen LogP contribution in [0.3, 0.4) is 0 Å². The third kappa shape index (κ3) is 4.65. The molecular weight excluding hydrogens is 417 g/mol. The van der Waals surface area contributed by atoms with Gasteiger partial charge in [-0.05, 0) is 12.8 Å². The predicted octanol–water partition coefficient (Wildman–Crippen LogP) is 3.60. The van der Waals surface area contributed by atoms with Crippen LogP contribution in [0.25, 0.3) is 10.6 Å². The number of hydrogen-bond donors (Lipinski definition) is 0. The number of carbonyl (C=O) groups excluding carboxylic acids is 2. The van der Waals surface area contributed by atoms with Gasteiger partial charge in [-0.2, -0.15) is 13.2 Å². The van der Waals surface area contributed by atoms with Gasteiger partial charge in [-0.1, -0.05) is 30.3 Å². The number of rotatable bonds is 5. The number of amides is 3. The van der Waals surface area contributed by atoms with E-state index in [2.05, 4.69) is 4.90 Å². The number of hydrogen-bond acceptors (Lipinski definition) is 5. The topological polar surface area (TPSA) is 56.8 Å². The van der Waals surface area contributed by atoms with Gasteiger partial charge in [0.15, 0.2) is 0 Å². The van der Waals surface area contributed by atoms with Crippen LogP contribution in [-0.4, -0.2) is 70.0 Å². The van der Waals surface area contributed by atoms with E-state index in [1.807, 2.05) is 35.7 Å². The monoisotopic (exact) mass is 438 g/mol. The van der Waals surface area contributed by atoms with Gasteiger partial charge in [0.2, 0.25) is 0 Å². The molecule has 4 rings (SSSR count). The molecule has 1 aromatic carbocycles. The average molecular weight is 438 g/mol. The number of halogens is 3. The lowest BCUT2D eigenvalue weighted by molar-refractivity contribution is -0.151. The summed E-state index contributed by atoms with van der Waals surface area (Å²) in [6, 6.07) is 8.90. The van der Waals surface area contributed by atoms with Crippen molar-refractivity contribution in [2.75, 3.05) is 26.2 Å². The zero-order valence-corrected chi connectivity index (χ0v) is 17.0. The highest BCUT2D eigenvalue weighted by molar-refractivity contribution is 7.13. The fourth-order valence-electron chi connectivity index (χ4n) is 3.89. The molecule has 3 amide bonds. The molecule has 0 aliphatic carbocycles. The Morgan fingerprint density at radius 1 is 1.10 bits per heavy atom. The summed E-state index contributed by atoms with van der Waals surface area (Å²) >= 11 is 1.59. The summed E-state index contributed by atoms with van der Waals surface area (Å²) in [4.78, 5) is 32.7. The van der Waals surface area contributed by atoms with Gasteiger partial charge in [0, 0.05) is 36.6 Å². The number of aromatic nitrogens is 1. The van der Waals surface area contributed by atoms with E-state index >= 15 is 0 Å². The number of thiazole rings is 1. The van der Waals surface area contributed by atoms with E-state index in [9.17, 15) is 22.8 Å². The van der Waals surface area contributed by atoms with Crippen LogP contribution in [0.4, 0.5) is 18.0 Å². The number of imide groups is 1. The first-order valence-electron chi connectivity index (χ1n) is 9.70. The summed E-state index contributed by atoms with van der Waals surface area (Å²) in [7, 11) is 0. The molecule has 2 aliphatic heterocycles. The highest BCUT2D eigenvalue weighted by Crippen LogP contribution is 2.27. The maximum Gasteiger partial charge on any atom is 0.406 e.